The highest BCUT2D eigenvalue weighted by Crippen LogP contribution is 2.27. The van der Waals surface area contributed by atoms with E-state index in [0.717, 1.165) is 12.2 Å². The van der Waals surface area contributed by atoms with E-state index >= 15 is 0 Å². The number of para-hydroxylation sites is 1. The van der Waals surface area contributed by atoms with Crippen molar-refractivity contribution in [2.45, 2.75) is 45.4 Å². The van der Waals surface area contributed by atoms with E-state index in [1.807, 2.05) is 12.1 Å². The topological polar surface area (TPSA) is 55.8 Å². The van der Waals surface area contributed by atoms with Gasteiger partial charge in [0.25, 0.3) is 0 Å². The molecule has 0 atom stereocenters. The molecule has 1 N–H and O–H groups in total. The molecule has 4 nitrogen and oxygen atoms in total. The largest absolute Gasteiger partial charge is 0.494 e. The molecule has 0 spiro atoms. The predicted molar refractivity (Wildman–Crippen MR) is 98.8 cm³/mol. The number of unbranched alkanes of at least 4 members (excludes halogenated alkanes) is 5. The van der Waals surface area contributed by atoms with Gasteiger partial charge in [0.2, 0.25) is 0 Å². The third-order valence-electron chi connectivity index (χ3n) is 3.94. The number of aromatic carboxylic acids is 1. The van der Waals surface area contributed by atoms with Crippen LogP contribution in [0.15, 0.2) is 48.5 Å². The number of benzene rings is 2. The normalized spacial score (nSPS) is 10.4. The van der Waals surface area contributed by atoms with Crippen molar-refractivity contribution in [2.24, 2.45) is 0 Å². The number of rotatable bonds is 11. The van der Waals surface area contributed by atoms with Gasteiger partial charge < -0.3 is 14.6 Å². The Bertz CT molecular complexity index is 649. The van der Waals surface area contributed by atoms with Gasteiger partial charge in [-0.05, 0) is 42.8 Å². The monoisotopic (exact) mass is 342 g/mol. The third kappa shape index (κ3) is 6.49. The van der Waals surface area contributed by atoms with E-state index in [4.69, 9.17) is 9.47 Å². The maximum atomic E-state index is 11.2. The van der Waals surface area contributed by atoms with Crippen LogP contribution in [0.2, 0.25) is 0 Å². The van der Waals surface area contributed by atoms with Gasteiger partial charge in [0.1, 0.15) is 22.8 Å². The average Bonchev–Trinajstić information content (AvgIpc) is 2.62. The van der Waals surface area contributed by atoms with Crippen LogP contribution in [0.25, 0.3) is 0 Å². The minimum atomic E-state index is -1.01. The van der Waals surface area contributed by atoms with Crippen LogP contribution in [-0.2, 0) is 0 Å². The molecule has 0 aliphatic heterocycles. The van der Waals surface area contributed by atoms with E-state index in [9.17, 15) is 9.90 Å². The van der Waals surface area contributed by atoms with Crippen molar-refractivity contribution in [1.82, 2.24) is 0 Å². The molecule has 0 amide bonds. The molecular formula is C21H26O4. The van der Waals surface area contributed by atoms with Crippen LogP contribution in [-0.4, -0.2) is 17.7 Å². The summed E-state index contributed by atoms with van der Waals surface area (Å²) in [6.45, 7) is 2.94. The van der Waals surface area contributed by atoms with Gasteiger partial charge in [0, 0.05) is 0 Å². The summed E-state index contributed by atoms with van der Waals surface area (Å²) in [6, 6.07) is 13.9. The second kappa shape index (κ2) is 10.4. The van der Waals surface area contributed by atoms with Gasteiger partial charge in [-0.15, -0.1) is 0 Å². The van der Waals surface area contributed by atoms with Crippen molar-refractivity contribution in [3.05, 3.63) is 54.1 Å². The van der Waals surface area contributed by atoms with Crippen molar-refractivity contribution in [1.29, 1.82) is 0 Å². The lowest BCUT2D eigenvalue weighted by Gasteiger charge is -2.10. The molecule has 0 aliphatic carbocycles. The molecule has 0 unspecified atom stereocenters. The zero-order valence-corrected chi connectivity index (χ0v) is 14.7. The number of carboxylic acid groups (broad SMARTS) is 1. The average molecular weight is 342 g/mol. The first kappa shape index (κ1) is 18.8. The van der Waals surface area contributed by atoms with Gasteiger partial charge in [-0.25, -0.2) is 4.79 Å². The lowest BCUT2D eigenvalue weighted by atomic mass is 10.1. The maximum absolute atomic E-state index is 11.2. The smallest absolute Gasteiger partial charge is 0.339 e. The number of ether oxygens (including phenoxy) is 2. The molecule has 134 valence electrons. The second-order valence-electron chi connectivity index (χ2n) is 5.99. The summed E-state index contributed by atoms with van der Waals surface area (Å²) in [5.41, 5.74) is 0.144. The standard InChI is InChI=1S/C21H26O4/c1-2-3-4-5-6-9-16-24-17-12-14-18(15-13-17)25-20-11-8-7-10-19(20)21(22)23/h7-8,10-15H,2-6,9,16H2,1H3,(H,22,23). The number of hydrogen-bond donors (Lipinski definition) is 1. The number of carboxylic acids is 1. The third-order valence-corrected chi connectivity index (χ3v) is 3.94. The summed E-state index contributed by atoms with van der Waals surface area (Å²) in [4.78, 5) is 11.2. The highest BCUT2D eigenvalue weighted by molar-refractivity contribution is 5.90. The SMILES string of the molecule is CCCCCCCCOc1ccc(Oc2ccccc2C(=O)O)cc1. The lowest BCUT2D eigenvalue weighted by molar-refractivity contribution is 0.0694. The Kier molecular flexibility index (Phi) is 7.83. The van der Waals surface area contributed by atoms with Gasteiger partial charge in [-0.2, -0.15) is 0 Å². The fourth-order valence-electron chi connectivity index (χ4n) is 2.54. The molecule has 0 fully saturated rings. The van der Waals surface area contributed by atoms with E-state index in [2.05, 4.69) is 6.92 Å². The molecule has 25 heavy (non-hydrogen) atoms. The van der Waals surface area contributed by atoms with Crippen molar-refractivity contribution in [3.8, 4) is 17.2 Å². The van der Waals surface area contributed by atoms with E-state index in [1.165, 1.54) is 38.2 Å². The number of hydrogen-bond acceptors (Lipinski definition) is 3. The highest BCUT2D eigenvalue weighted by Gasteiger charge is 2.10. The van der Waals surface area contributed by atoms with Crippen molar-refractivity contribution < 1.29 is 19.4 Å². The van der Waals surface area contributed by atoms with Crippen molar-refractivity contribution in [3.63, 3.8) is 0 Å². The maximum Gasteiger partial charge on any atom is 0.339 e. The Morgan fingerprint density at radius 3 is 2.24 bits per heavy atom. The highest BCUT2D eigenvalue weighted by atomic mass is 16.5. The van der Waals surface area contributed by atoms with Crippen LogP contribution in [0.5, 0.6) is 17.2 Å². The van der Waals surface area contributed by atoms with E-state index in [-0.39, 0.29) is 5.56 Å². The second-order valence-corrected chi connectivity index (χ2v) is 5.99. The molecular weight excluding hydrogens is 316 g/mol. The summed E-state index contributed by atoms with van der Waals surface area (Å²) < 4.78 is 11.4. The molecule has 0 heterocycles. The van der Waals surface area contributed by atoms with Gasteiger partial charge >= 0.3 is 5.97 Å². The Balaban J connectivity index is 1.79. The fourth-order valence-corrected chi connectivity index (χ4v) is 2.54. The summed E-state index contributed by atoms with van der Waals surface area (Å²) in [5, 5.41) is 9.18. The minimum Gasteiger partial charge on any atom is -0.494 e. The summed E-state index contributed by atoms with van der Waals surface area (Å²) in [7, 11) is 0. The van der Waals surface area contributed by atoms with Crippen molar-refractivity contribution >= 4 is 5.97 Å². The van der Waals surface area contributed by atoms with Crippen LogP contribution >= 0.6 is 0 Å². The molecule has 0 radical (unpaired) electrons. The first-order chi connectivity index (χ1) is 12.2. The molecule has 2 aromatic rings. The predicted octanol–water partition coefficient (Wildman–Crippen LogP) is 5.92. The van der Waals surface area contributed by atoms with Crippen LogP contribution in [0, 0.1) is 0 Å². The Hall–Kier alpha value is -2.49. The zero-order chi connectivity index (χ0) is 17.9. The summed E-state index contributed by atoms with van der Waals surface area (Å²) >= 11 is 0. The first-order valence-electron chi connectivity index (χ1n) is 8.93. The number of carbonyl (C=O) groups is 1. The van der Waals surface area contributed by atoms with E-state index in [0.29, 0.717) is 18.1 Å². The van der Waals surface area contributed by atoms with Gasteiger partial charge in [0.05, 0.1) is 6.61 Å². The van der Waals surface area contributed by atoms with E-state index < -0.39 is 5.97 Å². The molecule has 0 aromatic heterocycles. The minimum absolute atomic E-state index is 0.144. The molecule has 0 saturated heterocycles. The quantitative estimate of drug-likeness (QED) is 0.515. The summed E-state index contributed by atoms with van der Waals surface area (Å²) in [5.74, 6) is 0.707. The summed E-state index contributed by atoms with van der Waals surface area (Å²) in [6.07, 6.45) is 7.42. The Morgan fingerprint density at radius 1 is 0.880 bits per heavy atom. The zero-order valence-electron chi connectivity index (χ0n) is 14.7. The van der Waals surface area contributed by atoms with Gasteiger partial charge in [-0.1, -0.05) is 51.2 Å². The molecule has 2 rings (SSSR count). The molecule has 4 heteroatoms. The van der Waals surface area contributed by atoms with Crippen LogP contribution in [0.4, 0.5) is 0 Å². The van der Waals surface area contributed by atoms with Crippen LogP contribution in [0.3, 0.4) is 0 Å². The molecule has 2 aromatic carbocycles. The fraction of sp³-hybridized carbons (Fsp3) is 0.381. The molecule has 0 bridgehead atoms. The van der Waals surface area contributed by atoms with Crippen LogP contribution < -0.4 is 9.47 Å². The van der Waals surface area contributed by atoms with Crippen molar-refractivity contribution in [2.75, 3.05) is 6.61 Å². The molecule has 0 aliphatic rings. The van der Waals surface area contributed by atoms with Gasteiger partial charge in [0.15, 0.2) is 0 Å². The Morgan fingerprint density at radius 2 is 1.52 bits per heavy atom. The van der Waals surface area contributed by atoms with Crippen LogP contribution in [0.1, 0.15) is 55.8 Å². The lowest BCUT2D eigenvalue weighted by Crippen LogP contribution is -2.00. The molecule has 0 saturated carbocycles. The Labute approximate surface area is 149 Å². The van der Waals surface area contributed by atoms with Gasteiger partial charge in [-0.3, -0.25) is 0 Å². The van der Waals surface area contributed by atoms with E-state index in [1.54, 1.807) is 30.3 Å². The first-order valence-corrected chi connectivity index (χ1v) is 8.93.